The number of fused-ring (bicyclic) bond motifs is 1. The minimum absolute atomic E-state index is 0.0233. The number of nitrogens with one attached hydrogen (secondary N) is 1. The first-order chi connectivity index (χ1) is 14.7. The first-order valence-corrected chi connectivity index (χ1v) is 10.2. The SMILES string of the molecule is COc1ccccc1NC(=O)C1CCN(C(=O)Cc2cccc3cccnc23)CC1. The Hall–Kier alpha value is -3.41. The predicted octanol–water partition coefficient (Wildman–Crippen LogP) is 3.66. The maximum absolute atomic E-state index is 12.8. The molecular weight excluding hydrogens is 378 g/mol. The summed E-state index contributed by atoms with van der Waals surface area (Å²) in [4.78, 5) is 31.8. The van der Waals surface area contributed by atoms with Crippen LogP contribution >= 0.6 is 0 Å². The third-order valence-electron chi connectivity index (χ3n) is 5.64. The Balaban J connectivity index is 1.35. The van der Waals surface area contributed by atoms with Crippen LogP contribution in [0.4, 0.5) is 5.69 Å². The minimum atomic E-state index is -0.113. The topological polar surface area (TPSA) is 71.5 Å². The molecular formula is C24H25N3O3. The van der Waals surface area contributed by atoms with Crippen molar-refractivity contribution in [1.29, 1.82) is 0 Å². The monoisotopic (exact) mass is 403 g/mol. The summed E-state index contributed by atoms with van der Waals surface area (Å²) in [6.45, 7) is 1.17. The number of carbonyl (C=O) groups is 2. The van der Waals surface area contributed by atoms with Gasteiger partial charge < -0.3 is 15.0 Å². The van der Waals surface area contributed by atoms with E-state index < -0.39 is 0 Å². The number of piperidine rings is 1. The minimum Gasteiger partial charge on any atom is -0.495 e. The van der Waals surface area contributed by atoms with Crippen LogP contribution in [0.5, 0.6) is 5.75 Å². The second-order valence-electron chi connectivity index (χ2n) is 7.51. The van der Waals surface area contributed by atoms with Gasteiger partial charge in [-0.15, -0.1) is 0 Å². The number of para-hydroxylation sites is 3. The molecule has 0 radical (unpaired) electrons. The first-order valence-electron chi connectivity index (χ1n) is 10.2. The Kier molecular flexibility index (Phi) is 5.93. The lowest BCUT2D eigenvalue weighted by molar-refractivity contribution is -0.133. The van der Waals surface area contributed by atoms with Crippen molar-refractivity contribution in [2.75, 3.05) is 25.5 Å². The second-order valence-corrected chi connectivity index (χ2v) is 7.51. The Labute approximate surface area is 175 Å². The second kappa shape index (κ2) is 8.95. The maximum atomic E-state index is 12.8. The van der Waals surface area contributed by atoms with Gasteiger partial charge in [-0.25, -0.2) is 0 Å². The van der Waals surface area contributed by atoms with E-state index >= 15 is 0 Å². The standard InChI is InChI=1S/C24H25N3O3/c1-30-21-10-3-2-9-20(21)26-24(29)18-11-14-27(15-12-18)22(28)16-19-7-4-6-17-8-5-13-25-23(17)19/h2-10,13,18H,11-12,14-16H2,1H3,(H,26,29). The van der Waals surface area contributed by atoms with Gasteiger partial charge in [-0.1, -0.05) is 36.4 Å². The average molecular weight is 403 g/mol. The quantitative estimate of drug-likeness (QED) is 0.706. The molecule has 0 aliphatic carbocycles. The van der Waals surface area contributed by atoms with Crippen LogP contribution in [-0.2, 0) is 16.0 Å². The molecule has 3 aromatic rings. The van der Waals surface area contributed by atoms with Crippen molar-refractivity contribution in [1.82, 2.24) is 9.88 Å². The summed E-state index contributed by atoms with van der Waals surface area (Å²) in [7, 11) is 1.58. The third kappa shape index (κ3) is 4.27. The van der Waals surface area contributed by atoms with E-state index in [0.29, 0.717) is 43.8 Å². The van der Waals surface area contributed by atoms with Gasteiger partial charge in [0, 0.05) is 30.6 Å². The fourth-order valence-corrected chi connectivity index (χ4v) is 3.96. The molecule has 154 valence electrons. The smallest absolute Gasteiger partial charge is 0.227 e. The molecule has 2 amide bonds. The average Bonchev–Trinajstić information content (AvgIpc) is 2.79. The molecule has 0 spiro atoms. The first kappa shape index (κ1) is 19.9. The molecule has 2 aromatic carbocycles. The van der Waals surface area contributed by atoms with Crippen LogP contribution in [0.3, 0.4) is 0 Å². The molecule has 2 heterocycles. The molecule has 0 atom stereocenters. The van der Waals surface area contributed by atoms with Crippen molar-refractivity contribution in [3.63, 3.8) is 0 Å². The summed E-state index contributed by atoms with van der Waals surface area (Å²) in [5.41, 5.74) is 2.49. The van der Waals surface area contributed by atoms with E-state index in [2.05, 4.69) is 10.3 Å². The number of rotatable bonds is 5. The highest BCUT2D eigenvalue weighted by atomic mass is 16.5. The zero-order valence-corrected chi connectivity index (χ0v) is 17.0. The molecule has 0 bridgehead atoms. The summed E-state index contributed by atoms with van der Waals surface area (Å²) < 4.78 is 5.30. The highest BCUT2D eigenvalue weighted by molar-refractivity contribution is 5.94. The number of hydrogen-bond donors (Lipinski definition) is 1. The number of anilines is 1. The zero-order valence-electron chi connectivity index (χ0n) is 17.0. The largest absolute Gasteiger partial charge is 0.495 e. The number of ether oxygens (including phenoxy) is 1. The lowest BCUT2D eigenvalue weighted by Gasteiger charge is -2.31. The van der Waals surface area contributed by atoms with E-state index in [9.17, 15) is 9.59 Å². The van der Waals surface area contributed by atoms with Gasteiger partial charge in [0.25, 0.3) is 0 Å². The van der Waals surface area contributed by atoms with Crippen LogP contribution in [0, 0.1) is 5.92 Å². The molecule has 4 rings (SSSR count). The van der Waals surface area contributed by atoms with E-state index in [1.807, 2.05) is 59.5 Å². The summed E-state index contributed by atoms with van der Waals surface area (Å²) in [6, 6.07) is 17.2. The van der Waals surface area contributed by atoms with Crippen LogP contribution in [0.25, 0.3) is 10.9 Å². The number of nitrogens with zero attached hydrogens (tertiary/aromatic N) is 2. The van der Waals surface area contributed by atoms with Crippen LogP contribution in [-0.4, -0.2) is 41.9 Å². The number of methoxy groups -OCH3 is 1. The van der Waals surface area contributed by atoms with Gasteiger partial charge in [0.05, 0.1) is 24.7 Å². The van der Waals surface area contributed by atoms with E-state index in [4.69, 9.17) is 4.74 Å². The lowest BCUT2D eigenvalue weighted by atomic mass is 9.95. The Morgan fingerprint density at radius 3 is 2.63 bits per heavy atom. The molecule has 1 N–H and O–H groups in total. The molecule has 1 saturated heterocycles. The van der Waals surface area contributed by atoms with Gasteiger partial charge in [0.2, 0.25) is 11.8 Å². The van der Waals surface area contributed by atoms with Crippen molar-refractivity contribution in [2.24, 2.45) is 5.92 Å². The molecule has 0 saturated carbocycles. The van der Waals surface area contributed by atoms with Crippen molar-refractivity contribution >= 4 is 28.4 Å². The maximum Gasteiger partial charge on any atom is 0.227 e. The van der Waals surface area contributed by atoms with Gasteiger partial charge in [-0.3, -0.25) is 14.6 Å². The van der Waals surface area contributed by atoms with Gasteiger partial charge in [0.15, 0.2) is 0 Å². The highest BCUT2D eigenvalue weighted by Gasteiger charge is 2.28. The molecule has 0 unspecified atom stereocenters. The Morgan fingerprint density at radius 2 is 1.83 bits per heavy atom. The lowest BCUT2D eigenvalue weighted by Crippen LogP contribution is -2.42. The molecule has 30 heavy (non-hydrogen) atoms. The van der Waals surface area contributed by atoms with Crippen molar-refractivity contribution in [2.45, 2.75) is 19.3 Å². The Morgan fingerprint density at radius 1 is 1.07 bits per heavy atom. The van der Waals surface area contributed by atoms with Crippen molar-refractivity contribution < 1.29 is 14.3 Å². The van der Waals surface area contributed by atoms with E-state index in [-0.39, 0.29) is 17.7 Å². The van der Waals surface area contributed by atoms with Gasteiger partial charge in [0.1, 0.15) is 5.75 Å². The fraction of sp³-hybridized carbons (Fsp3) is 0.292. The molecule has 1 aliphatic rings. The van der Waals surface area contributed by atoms with Crippen LogP contribution in [0.2, 0.25) is 0 Å². The summed E-state index contributed by atoms with van der Waals surface area (Å²) in [5, 5.41) is 4.00. The normalized spacial score (nSPS) is 14.5. The number of hydrogen-bond acceptors (Lipinski definition) is 4. The van der Waals surface area contributed by atoms with E-state index in [1.54, 1.807) is 13.3 Å². The molecule has 1 aromatic heterocycles. The van der Waals surface area contributed by atoms with Crippen LogP contribution in [0.15, 0.2) is 60.8 Å². The summed E-state index contributed by atoms with van der Waals surface area (Å²) >= 11 is 0. The number of pyridine rings is 1. The summed E-state index contributed by atoms with van der Waals surface area (Å²) in [6.07, 6.45) is 3.38. The number of amides is 2. The van der Waals surface area contributed by atoms with E-state index in [0.717, 1.165) is 16.5 Å². The molecule has 6 nitrogen and oxygen atoms in total. The number of carbonyl (C=O) groups excluding carboxylic acids is 2. The number of aromatic nitrogens is 1. The van der Waals surface area contributed by atoms with Gasteiger partial charge >= 0.3 is 0 Å². The zero-order chi connectivity index (χ0) is 20.9. The van der Waals surface area contributed by atoms with Crippen molar-refractivity contribution in [3.05, 3.63) is 66.4 Å². The predicted molar refractivity (Wildman–Crippen MR) is 116 cm³/mol. The fourth-order valence-electron chi connectivity index (χ4n) is 3.96. The van der Waals surface area contributed by atoms with Gasteiger partial charge in [-0.2, -0.15) is 0 Å². The Bertz CT molecular complexity index is 1050. The third-order valence-corrected chi connectivity index (χ3v) is 5.64. The molecule has 1 fully saturated rings. The summed E-state index contributed by atoms with van der Waals surface area (Å²) in [5.74, 6) is 0.585. The number of benzene rings is 2. The molecule has 1 aliphatic heterocycles. The van der Waals surface area contributed by atoms with Gasteiger partial charge in [-0.05, 0) is 36.6 Å². The number of likely N-dealkylation sites (tertiary alicyclic amines) is 1. The van der Waals surface area contributed by atoms with Crippen LogP contribution < -0.4 is 10.1 Å². The van der Waals surface area contributed by atoms with E-state index in [1.165, 1.54) is 0 Å². The van der Waals surface area contributed by atoms with Crippen LogP contribution in [0.1, 0.15) is 18.4 Å². The highest BCUT2D eigenvalue weighted by Crippen LogP contribution is 2.26. The molecule has 6 heteroatoms. The van der Waals surface area contributed by atoms with Crippen molar-refractivity contribution in [3.8, 4) is 5.75 Å².